The van der Waals surface area contributed by atoms with Gasteiger partial charge in [0, 0.05) is 0 Å². The number of rotatable bonds is 3. The SMILES string of the molecule is COC(=O)C12C[C@H]3C[C@@H](C1)CC(C14C[C@@H]5C[C@@H](CC(C(=O)OC)(C5)C1)C4)(C3)C2. The van der Waals surface area contributed by atoms with Gasteiger partial charge in [0.15, 0.2) is 0 Å². The van der Waals surface area contributed by atoms with Crippen molar-refractivity contribution in [3.05, 3.63) is 0 Å². The smallest absolute Gasteiger partial charge is 0.311 e. The third-order valence-corrected chi connectivity index (χ3v) is 10.5. The predicted octanol–water partition coefficient (Wildman–Crippen LogP) is 4.51. The molecule has 8 rings (SSSR count). The van der Waals surface area contributed by atoms with E-state index in [1.165, 1.54) is 38.5 Å². The van der Waals surface area contributed by atoms with Crippen LogP contribution in [0.15, 0.2) is 0 Å². The van der Waals surface area contributed by atoms with Crippen molar-refractivity contribution in [3.8, 4) is 0 Å². The summed E-state index contributed by atoms with van der Waals surface area (Å²) in [6.07, 6.45) is 14.0. The van der Waals surface area contributed by atoms with Crippen LogP contribution >= 0.6 is 0 Å². The van der Waals surface area contributed by atoms with Crippen molar-refractivity contribution in [1.82, 2.24) is 0 Å². The maximum atomic E-state index is 13.0. The van der Waals surface area contributed by atoms with Gasteiger partial charge >= 0.3 is 11.9 Å². The summed E-state index contributed by atoms with van der Waals surface area (Å²) in [5.74, 6) is 2.84. The minimum Gasteiger partial charge on any atom is -0.469 e. The molecule has 8 aliphatic rings. The number of ether oxygens (including phenoxy) is 2. The molecular weight excluding hydrogens is 352 g/mol. The first-order valence-corrected chi connectivity index (χ1v) is 11.5. The number of methoxy groups -OCH3 is 2. The van der Waals surface area contributed by atoms with Crippen LogP contribution in [0.25, 0.3) is 0 Å². The summed E-state index contributed by atoms with van der Waals surface area (Å²) in [5, 5.41) is 0. The van der Waals surface area contributed by atoms with Gasteiger partial charge in [0.2, 0.25) is 0 Å². The second-order valence-electron chi connectivity index (χ2n) is 12.0. The van der Waals surface area contributed by atoms with Crippen molar-refractivity contribution in [3.63, 3.8) is 0 Å². The van der Waals surface area contributed by atoms with Gasteiger partial charge in [-0.1, -0.05) is 0 Å². The highest BCUT2D eigenvalue weighted by atomic mass is 16.5. The first kappa shape index (κ1) is 17.8. The highest BCUT2D eigenvalue weighted by Gasteiger charge is 2.72. The zero-order valence-corrected chi connectivity index (χ0v) is 17.4. The van der Waals surface area contributed by atoms with Crippen molar-refractivity contribution in [2.24, 2.45) is 45.3 Å². The van der Waals surface area contributed by atoms with Crippen LogP contribution in [0.2, 0.25) is 0 Å². The van der Waals surface area contributed by atoms with Crippen LogP contribution in [0.1, 0.15) is 77.0 Å². The van der Waals surface area contributed by atoms with Crippen LogP contribution < -0.4 is 0 Å². The highest BCUT2D eigenvalue weighted by Crippen LogP contribution is 2.78. The minimum absolute atomic E-state index is 0.0541. The summed E-state index contributed by atoms with van der Waals surface area (Å²) in [5.41, 5.74) is 0.0335. The third-order valence-electron chi connectivity index (χ3n) is 10.5. The average Bonchev–Trinajstić information content (AvgIpc) is 2.64. The van der Waals surface area contributed by atoms with Crippen LogP contribution in [0.4, 0.5) is 0 Å². The molecule has 4 nitrogen and oxygen atoms in total. The summed E-state index contributed by atoms with van der Waals surface area (Å²) in [6, 6.07) is 0. The van der Waals surface area contributed by atoms with Gasteiger partial charge in [0.1, 0.15) is 0 Å². The molecule has 8 aliphatic carbocycles. The van der Waals surface area contributed by atoms with Crippen molar-refractivity contribution < 1.29 is 19.1 Å². The summed E-state index contributed by atoms with van der Waals surface area (Å²) < 4.78 is 10.7. The topological polar surface area (TPSA) is 52.6 Å². The Balaban J connectivity index is 1.44. The van der Waals surface area contributed by atoms with Gasteiger partial charge in [0.05, 0.1) is 25.0 Å². The number of carbonyl (C=O) groups excluding carboxylic acids is 2. The first-order chi connectivity index (χ1) is 13.4. The lowest BCUT2D eigenvalue weighted by Gasteiger charge is -2.73. The highest BCUT2D eigenvalue weighted by molar-refractivity contribution is 5.78. The molecule has 8 atom stereocenters. The second kappa shape index (κ2) is 5.35. The van der Waals surface area contributed by atoms with E-state index in [-0.39, 0.29) is 33.6 Å². The molecule has 0 radical (unpaired) electrons. The maximum absolute atomic E-state index is 13.0. The normalized spacial score (nSPS) is 55.4. The quantitative estimate of drug-likeness (QED) is 0.670. The van der Waals surface area contributed by atoms with Gasteiger partial charge in [-0.05, 0) is 112 Å². The van der Waals surface area contributed by atoms with Crippen molar-refractivity contribution in [2.45, 2.75) is 77.0 Å². The molecule has 0 heterocycles. The van der Waals surface area contributed by atoms with E-state index in [0.29, 0.717) is 23.7 Å². The van der Waals surface area contributed by atoms with Crippen LogP contribution in [0.5, 0.6) is 0 Å². The summed E-state index contributed by atoms with van der Waals surface area (Å²) in [6.45, 7) is 0. The fraction of sp³-hybridized carbons (Fsp3) is 0.917. The maximum Gasteiger partial charge on any atom is 0.311 e. The lowest BCUT2D eigenvalue weighted by molar-refractivity contribution is -0.243. The second-order valence-corrected chi connectivity index (χ2v) is 12.0. The molecule has 0 aromatic carbocycles. The van der Waals surface area contributed by atoms with E-state index >= 15 is 0 Å². The van der Waals surface area contributed by atoms with Crippen LogP contribution in [0.3, 0.4) is 0 Å². The first-order valence-electron chi connectivity index (χ1n) is 11.5. The minimum atomic E-state index is -0.236. The molecule has 28 heavy (non-hydrogen) atoms. The molecule has 154 valence electrons. The van der Waals surface area contributed by atoms with Crippen LogP contribution in [0, 0.1) is 45.3 Å². The van der Waals surface area contributed by atoms with E-state index in [4.69, 9.17) is 9.47 Å². The Labute approximate surface area is 168 Å². The molecule has 0 saturated heterocycles. The van der Waals surface area contributed by atoms with E-state index < -0.39 is 0 Å². The molecule has 0 N–H and O–H groups in total. The third kappa shape index (κ3) is 2.03. The Morgan fingerprint density at radius 1 is 0.607 bits per heavy atom. The molecule has 0 spiro atoms. The molecule has 0 amide bonds. The molecule has 0 aliphatic heterocycles. The standard InChI is InChI=1S/C24H34O4/c1-27-19(25)21-5-15-3-16(6-21)10-23(9-15,13-21)24-11-17-4-18(12-24)8-22(7-17,14-24)20(26)28-2/h15-18H,3-14H2,1-2H3/t15-,16+,17-,18+,21?,22?,23?,24?. The fourth-order valence-electron chi connectivity index (χ4n) is 10.7. The number of carbonyl (C=O) groups is 2. The van der Waals surface area contributed by atoms with E-state index in [1.807, 2.05) is 0 Å². The van der Waals surface area contributed by atoms with Gasteiger partial charge in [-0.25, -0.2) is 0 Å². The number of hydrogen-bond donors (Lipinski definition) is 0. The number of hydrogen-bond acceptors (Lipinski definition) is 4. The largest absolute Gasteiger partial charge is 0.469 e. The molecule has 0 aromatic rings. The zero-order valence-electron chi connectivity index (χ0n) is 17.4. The Kier molecular flexibility index (Phi) is 3.39. The molecule has 8 fully saturated rings. The van der Waals surface area contributed by atoms with E-state index in [1.54, 1.807) is 14.2 Å². The lowest BCUT2D eigenvalue weighted by Crippen LogP contribution is -2.66. The Bertz CT molecular complexity index is 649. The summed E-state index contributed by atoms with van der Waals surface area (Å²) in [4.78, 5) is 25.9. The van der Waals surface area contributed by atoms with E-state index in [9.17, 15) is 9.59 Å². The van der Waals surface area contributed by atoms with Crippen molar-refractivity contribution in [2.75, 3.05) is 14.2 Å². The van der Waals surface area contributed by atoms with Crippen LogP contribution in [-0.2, 0) is 19.1 Å². The number of esters is 2. The van der Waals surface area contributed by atoms with Crippen LogP contribution in [-0.4, -0.2) is 26.2 Å². The Morgan fingerprint density at radius 3 is 1.21 bits per heavy atom. The summed E-state index contributed by atoms with van der Waals surface area (Å²) >= 11 is 0. The lowest BCUT2D eigenvalue weighted by atomic mass is 9.31. The van der Waals surface area contributed by atoms with Crippen molar-refractivity contribution in [1.29, 1.82) is 0 Å². The van der Waals surface area contributed by atoms with Crippen molar-refractivity contribution >= 4 is 11.9 Å². The molecule has 4 heteroatoms. The van der Waals surface area contributed by atoms with Gasteiger partial charge in [-0.3, -0.25) is 9.59 Å². The van der Waals surface area contributed by atoms with E-state index in [0.717, 1.165) is 38.5 Å². The molecule has 8 saturated carbocycles. The van der Waals surface area contributed by atoms with Gasteiger partial charge in [-0.2, -0.15) is 0 Å². The molecule has 4 unspecified atom stereocenters. The molecule has 0 aromatic heterocycles. The zero-order chi connectivity index (χ0) is 19.4. The molecular formula is C24H34O4. The summed E-state index contributed by atoms with van der Waals surface area (Å²) in [7, 11) is 3.15. The van der Waals surface area contributed by atoms with Gasteiger partial charge in [0.25, 0.3) is 0 Å². The monoisotopic (exact) mass is 386 g/mol. The average molecular weight is 387 g/mol. The van der Waals surface area contributed by atoms with Gasteiger partial charge < -0.3 is 9.47 Å². The van der Waals surface area contributed by atoms with Gasteiger partial charge in [-0.15, -0.1) is 0 Å². The predicted molar refractivity (Wildman–Crippen MR) is 103 cm³/mol. The van der Waals surface area contributed by atoms with E-state index in [2.05, 4.69) is 0 Å². The fourth-order valence-corrected chi connectivity index (χ4v) is 10.7. The Morgan fingerprint density at radius 2 is 0.929 bits per heavy atom. The molecule has 8 bridgehead atoms. The Hall–Kier alpha value is -1.06.